The van der Waals surface area contributed by atoms with E-state index >= 15 is 0 Å². The Labute approximate surface area is 96.6 Å². The number of amides is 1. The highest BCUT2D eigenvalue weighted by Crippen LogP contribution is 2.36. The summed E-state index contributed by atoms with van der Waals surface area (Å²) < 4.78 is 0. The number of carbonyl (C=O) groups is 2. The molecule has 1 N–H and O–H groups in total. The normalized spacial score (nSPS) is 25.7. The minimum atomic E-state index is -0.832. The van der Waals surface area contributed by atoms with Gasteiger partial charge in [-0.1, -0.05) is 13.3 Å². The Balaban J connectivity index is 2.54. The Bertz CT molecular complexity index is 277. The second-order valence-corrected chi connectivity index (χ2v) is 4.72. The van der Waals surface area contributed by atoms with Gasteiger partial charge in [-0.25, -0.2) is 0 Å². The topological polar surface area (TPSA) is 57.6 Å². The molecular weight excluding hydrogens is 206 g/mol. The van der Waals surface area contributed by atoms with Crippen molar-refractivity contribution in [3.63, 3.8) is 0 Å². The SMILES string of the molecule is CCCC(C)N(C)C(=O)C1CCC1C(=O)O. The van der Waals surface area contributed by atoms with Gasteiger partial charge in [-0.05, 0) is 26.2 Å². The van der Waals surface area contributed by atoms with Crippen LogP contribution < -0.4 is 0 Å². The van der Waals surface area contributed by atoms with E-state index < -0.39 is 11.9 Å². The molecule has 0 aliphatic heterocycles. The van der Waals surface area contributed by atoms with Gasteiger partial charge >= 0.3 is 5.97 Å². The molecule has 0 aromatic carbocycles. The van der Waals surface area contributed by atoms with Crippen molar-refractivity contribution in [1.82, 2.24) is 4.90 Å². The summed E-state index contributed by atoms with van der Waals surface area (Å²) in [4.78, 5) is 24.6. The van der Waals surface area contributed by atoms with E-state index in [-0.39, 0.29) is 17.9 Å². The number of hydrogen-bond acceptors (Lipinski definition) is 2. The molecule has 92 valence electrons. The van der Waals surface area contributed by atoms with Crippen LogP contribution in [0.2, 0.25) is 0 Å². The number of nitrogens with zero attached hydrogens (tertiary/aromatic N) is 1. The van der Waals surface area contributed by atoms with Crippen molar-refractivity contribution in [1.29, 1.82) is 0 Å². The van der Waals surface area contributed by atoms with Crippen LogP contribution in [0.1, 0.15) is 39.5 Å². The first kappa shape index (κ1) is 13.0. The van der Waals surface area contributed by atoms with Gasteiger partial charge in [0, 0.05) is 13.1 Å². The number of aliphatic carboxylic acids is 1. The first-order valence-corrected chi connectivity index (χ1v) is 5.98. The van der Waals surface area contributed by atoms with Gasteiger partial charge in [0.05, 0.1) is 11.8 Å². The average Bonchev–Trinajstić information content (AvgIpc) is 2.14. The highest BCUT2D eigenvalue weighted by Gasteiger charge is 2.42. The molecule has 0 aromatic rings. The first-order chi connectivity index (χ1) is 7.49. The lowest BCUT2D eigenvalue weighted by atomic mass is 9.73. The van der Waals surface area contributed by atoms with Gasteiger partial charge in [-0.3, -0.25) is 9.59 Å². The van der Waals surface area contributed by atoms with Gasteiger partial charge in [-0.15, -0.1) is 0 Å². The standard InChI is InChI=1S/C12H21NO3/c1-4-5-8(2)13(3)11(14)9-6-7-10(9)12(15)16/h8-10H,4-7H2,1-3H3,(H,15,16). The Morgan fingerprint density at radius 3 is 2.31 bits per heavy atom. The molecule has 4 nitrogen and oxygen atoms in total. The van der Waals surface area contributed by atoms with E-state index in [1.54, 1.807) is 11.9 Å². The van der Waals surface area contributed by atoms with Crippen molar-refractivity contribution in [2.75, 3.05) is 7.05 Å². The zero-order valence-corrected chi connectivity index (χ0v) is 10.3. The van der Waals surface area contributed by atoms with E-state index in [0.717, 1.165) is 19.3 Å². The molecule has 3 atom stereocenters. The van der Waals surface area contributed by atoms with Gasteiger partial charge in [0.25, 0.3) is 0 Å². The summed E-state index contributed by atoms with van der Waals surface area (Å²) in [5.41, 5.74) is 0. The second kappa shape index (κ2) is 5.32. The van der Waals surface area contributed by atoms with Gasteiger partial charge in [0.1, 0.15) is 0 Å². The minimum absolute atomic E-state index is 0.000370. The van der Waals surface area contributed by atoms with Gasteiger partial charge in [0.2, 0.25) is 5.91 Å². The van der Waals surface area contributed by atoms with Crippen LogP contribution >= 0.6 is 0 Å². The number of hydrogen-bond donors (Lipinski definition) is 1. The second-order valence-electron chi connectivity index (χ2n) is 4.72. The molecule has 16 heavy (non-hydrogen) atoms. The van der Waals surface area contributed by atoms with Crippen LogP contribution in [0.15, 0.2) is 0 Å². The third kappa shape index (κ3) is 2.54. The summed E-state index contributed by atoms with van der Waals surface area (Å²) in [6.45, 7) is 4.09. The summed E-state index contributed by atoms with van der Waals surface area (Å²) >= 11 is 0. The fraction of sp³-hybridized carbons (Fsp3) is 0.833. The van der Waals surface area contributed by atoms with Crippen LogP contribution in [0.25, 0.3) is 0 Å². The predicted octanol–water partition coefficient (Wildman–Crippen LogP) is 1.74. The van der Waals surface area contributed by atoms with E-state index in [0.29, 0.717) is 6.42 Å². The van der Waals surface area contributed by atoms with Gasteiger partial charge in [0.15, 0.2) is 0 Å². The zero-order chi connectivity index (χ0) is 12.3. The van der Waals surface area contributed by atoms with E-state index in [4.69, 9.17) is 5.11 Å². The van der Waals surface area contributed by atoms with Crippen molar-refractivity contribution in [2.24, 2.45) is 11.8 Å². The minimum Gasteiger partial charge on any atom is -0.481 e. The van der Waals surface area contributed by atoms with Gasteiger partial charge in [-0.2, -0.15) is 0 Å². The highest BCUT2D eigenvalue weighted by molar-refractivity contribution is 5.86. The number of carbonyl (C=O) groups excluding carboxylic acids is 1. The third-order valence-corrected chi connectivity index (χ3v) is 3.62. The Morgan fingerprint density at radius 1 is 1.38 bits per heavy atom. The lowest BCUT2D eigenvalue weighted by Crippen LogP contribution is -2.47. The molecule has 0 spiro atoms. The molecule has 0 radical (unpaired) electrons. The Morgan fingerprint density at radius 2 is 1.94 bits per heavy atom. The third-order valence-electron chi connectivity index (χ3n) is 3.62. The molecule has 0 saturated heterocycles. The molecule has 0 heterocycles. The molecule has 1 fully saturated rings. The molecular formula is C12H21NO3. The molecule has 1 aliphatic rings. The lowest BCUT2D eigenvalue weighted by Gasteiger charge is -2.37. The number of carboxylic acid groups (broad SMARTS) is 1. The first-order valence-electron chi connectivity index (χ1n) is 5.98. The van der Waals surface area contributed by atoms with E-state index in [2.05, 4.69) is 6.92 Å². The number of carboxylic acids is 1. The zero-order valence-electron chi connectivity index (χ0n) is 10.3. The highest BCUT2D eigenvalue weighted by atomic mass is 16.4. The van der Waals surface area contributed by atoms with Crippen molar-refractivity contribution < 1.29 is 14.7 Å². The Hall–Kier alpha value is -1.06. The maximum Gasteiger partial charge on any atom is 0.307 e. The fourth-order valence-electron chi connectivity index (χ4n) is 2.18. The van der Waals surface area contributed by atoms with E-state index in [1.807, 2.05) is 6.92 Å². The summed E-state index contributed by atoms with van der Waals surface area (Å²) in [6, 6.07) is 0.201. The quantitative estimate of drug-likeness (QED) is 0.778. The summed E-state index contributed by atoms with van der Waals surface area (Å²) in [5, 5.41) is 8.91. The molecule has 0 aromatic heterocycles. The van der Waals surface area contributed by atoms with Crippen LogP contribution in [-0.4, -0.2) is 35.0 Å². The maximum absolute atomic E-state index is 12.0. The van der Waals surface area contributed by atoms with Crippen molar-refractivity contribution in [2.45, 2.75) is 45.6 Å². The summed E-state index contributed by atoms with van der Waals surface area (Å²) in [5.74, 6) is -1.58. The average molecular weight is 227 g/mol. The van der Waals surface area contributed by atoms with Crippen LogP contribution in [0.3, 0.4) is 0 Å². The summed E-state index contributed by atoms with van der Waals surface area (Å²) in [6.07, 6.45) is 3.36. The molecule has 1 rings (SSSR count). The van der Waals surface area contributed by atoms with Crippen LogP contribution in [0.4, 0.5) is 0 Å². The smallest absolute Gasteiger partial charge is 0.307 e. The molecule has 3 unspecified atom stereocenters. The molecule has 0 bridgehead atoms. The van der Waals surface area contributed by atoms with Crippen LogP contribution in [-0.2, 0) is 9.59 Å². The molecule has 4 heteroatoms. The summed E-state index contributed by atoms with van der Waals surface area (Å²) in [7, 11) is 1.78. The van der Waals surface area contributed by atoms with Crippen LogP contribution in [0.5, 0.6) is 0 Å². The van der Waals surface area contributed by atoms with E-state index in [1.165, 1.54) is 0 Å². The molecule has 1 aliphatic carbocycles. The Kier molecular flexibility index (Phi) is 4.33. The maximum atomic E-state index is 12.0. The fourth-order valence-corrected chi connectivity index (χ4v) is 2.18. The van der Waals surface area contributed by atoms with E-state index in [9.17, 15) is 9.59 Å². The van der Waals surface area contributed by atoms with Crippen molar-refractivity contribution >= 4 is 11.9 Å². The van der Waals surface area contributed by atoms with Crippen LogP contribution in [0, 0.1) is 11.8 Å². The molecule has 1 saturated carbocycles. The van der Waals surface area contributed by atoms with Crippen molar-refractivity contribution in [3.05, 3.63) is 0 Å². The van der Waals surface area contributed by atoms with Gasteiger partial charge < -0.3 is 10.0 Å². The van der Waals surface area contributed by atoms with Crippen molar-refractivity contribution in [3.8, 4) is 0 Å². The predicted molar refractivity (Wildman–Crippen MR) is 61.0 cm³/mol. The lowest BCUT2D eigenvalue weighted by molar-refractivity contribution is -0.156. The largest absolute Gasteiger partial charge is 0.481 e. The monoisotopic (exact) mass is 227 g/mol. The molecule has 1 amide bonds. The number of rotatable bonds is 5.